The van der Waals surface area contributed by atoms with Gasteiger partial charge < -0.3 is 16.0 Å². The Kier molecular flexibility index (Phi) is 2.65. The summed E-state index contributed by atoms with van der Waals surface area (Å²) in [7, 11) is 0. The number of nitrogens with two attached hydrogens (primary N) is 2. The van der Waals surface area contributed by atoms with Crippen LogP contribution in [0.25, 0.3) is 11.0 Å². The summed E-state index contributed by atoms with van der Waals surface area (Å²) in [6.45, 7) is 0. The van der Waals surface area contributed by atoms with Gasteiger partial charge in [0.25, 0.3) is 0 Å². The lowest BCUT2D eigenvalue weighted by molar-refractivity contribution is -0.125. The molecule has 4 N–H and O–H groups in total. The van der Waals surface area contributed by atoms with Crippen LogP contribution in [-0.4, -0.2) is 20.4 Å². The van der Waals surface area contributed by atoms with E-state index in [1.807, 2.05) is 6.20 Å². The summed E-state index contributed by atoms with van der Waals surface area (Å²) >= 11 is 2.22. The van der Waals surface area contributed by atoms with Crippen LogP contribution in [0.2, 0.25) is 0 Å². The van der Waals surface area contributed by atoms with Crippen molar-refractivity contribution >= 4 is 45.3 Å². The van der Waals surface area contributed by atoms with E-state index in [4.69, 9.17) is 11.5 Å². The molecule has 1 aliphatic carbocycles. The van der Waals surface area contributed by atoms with E-state index < -0.39 is 0 Å². The Morgan fingerprint density at radius 2 is 2.17 bits per heavy atom. The zero-order valence-corrected chi connectivity index (χ0v) is 11.7. The smallest absolute Gasteiger partial charge is 0.220 e. The van der Waals surface area contributed by atoms with Crippen molar-refractivity contribution in [1.29, 1.82) is 0 Å². The number of amides is 1. The van der Waals surface area contributed by atoms with Crippen LogP contribution in [-0.2, 0) is 4.79 Å². The van der Waals surface area contributed by atoms with Gasteiger partial charge in [-0.2, -0.15) is 0 Å². The number of aromatic nitrogens is 3. The summed E-state index contributed by atoms with van der Waals surface area (Å²) in [6, 6.07) is 0.280. The second-order valence-corrected chi connectivity index (χ2v) is 5.73. The van der Waals surface area contributed by atoms with Gasteiger partial charge in [0.2, 0.25) is 5.91 Å². The number of carbonyl (C=O) groups excluding carboxylic acids is 1. The van der Waals surface area contributed by atoms with Crippen LogP contribution in [0.4, 0.5) is 5.82 Å². The molecule has 1 aliphatic rings. The number of anilines is 1. The lowest BCUT2D eigenvalue weighted by atomic mass is 9.79. The molecule has 7 heteroatoms. The van der Waals surface area contributed by atoms with Gasteiger partial charge in [0.15, 0.2) is 0 Å². The van der Waals surface area contributed by atoms with Crippen LogP contribution in [0.1, 0.15) is 18.9 Å². The second kappa shape index (κ2) is 4.08. The molecular formula is C11H12IN5O. The standard InChI is InChI=1S/C11H12IN5O/c12-7-3-17(6-1-5(2-6)10(14)18)11-8(7)9(13)15-4-16-11/h3-6H,1-2H2,(H2,14,18)(H2,13,15,16)/t5-,6-. The molecule has 0 bridgehead atoms. The minimum Gasteiger partial charge on any atom is -0.383 e. The first-order valence-corrected chi connectivity index (χ1v) is 6.71. The molecule has 0 saturated heterocycles. The third kappa shape index (κ3) is 1.64. The van der Waals surface area contributed by atoms with Gasteiger partial charge in [-0.1, -0.05) is 0 Å². The number of halogens is 1. The lowest BCUT2D eigenvalue weighted by Gasteiger charge is -2.34. The Morgan fingerprint density at radius 3 is 2.83 bits per heavy atom. The number of carbonyl (C=O) groups is 1. The van der Waals surface area contributed by atoms with Crippen LogP contribution in [0.3, 0.4) is 0 Å². The summed E-state index contributed by atoms with van der Waals surface area (Å²) in [5.74, 6) is 0.268. The van der Waals surface area contributed by atoms with E-state index in [2.05, 4.69) is 37.1 Å². The van der Waals surface area contributed by atoms with Crippen LogP contribution in [0.15, 0.2) is 12.5 Å². The number of fused-ring (bicyclic) bond motifs is 1. The largest absolute Gasteiger partial charge is 0.383 e. The van der Waals surface area contributed by atoms with Crippen LogP contribution < -0.4 is 11.5 Å². The van der Waals surface area contributed by atoms with Gasteiger partial charge in [-0.25, -0.2) is 9.97 Å². The Bertz CT molecular complexity index is 632. The molecule has 3 rings (SSSR count). The number of hydrogen-bond acceptors (Lipinski definition) is 4. The maximum atomic E-state index is 11.0. The average molecular weight is 357 g/mol. The monoisotopic (exact) mass is 357 g/mol. The van der Waals surface area contributed by atoms with Crippen molar-refractivity contribution in [2.45, 2.75) is 18.9 Å². The number of nitrogens with zero attached hydrogens (tertiary/aromatic N) is 3. The fraction of sp³-hybridized carbons (Fsp3) is 0.364. The Hall–Kier alpha value is -1.38. The highest BCUT2D eigenvalue weighted by molar-refractivity contribution is 14.1. The third-order valence-electron chi connectivity index (χ3n) is 3.50. The van der Waals surface area contributed by atoms with Crippen LogP contribution in [0, 0.1) is 9.49 Å². The van der Waals surface area contributed by atoms with E-state index >= 15 is 0 Å². The minimum absolute atomic E-state index is 0.00991. The molecule has 2 aromatic rings. The summed E-state index contributed by atoms with van der Waals surface area (Å²) in [5.41, 5.74) is 12.0. The van der Waals surface area contributed by atoms with Gasteiger partial charge in [0.05, 0.1) is 5.39 Å². The fourth-order valence-corrected chi connectivity index (χ4v) is 3.21. The van der Waals surface area contributed by atoms with E-state index in [9.17, 15) is 4.79 Å². The van der Waals surface area contributed by atoms with Crippen molar-refractivity contribution in [3.05, 3.63) is 16.1 Å². The van der Waals surface area contributed by atoms with Gasteiger partial charge >= 0.3 is 0 Å². The molecule has 2 aromatic heterocycles. The minimum atomic E-state index is -0.216. The molecule has 1 amide bonds. The van der Waals surface area contributed by atoms with Gasteiger partial charge in [-0.15, -0.1) is 0 Å². The van der Waals surface area contributed by atoms with Crippen molar-refractivity contribution in [2.75, 3.05) is 5.73 Å². The first-order valence-electron chi connectivity index (χ1n) is 5.63. The van der Waals surface area contributed by atoms with Gasteiger partial charge in [0.1, 0.15) is 17.8 Å². The van der Waals surface area contributed by atoms with E-state index in [0.717, 1.165) is 27.4 Å². The Balaban J connectivity index is 2.00. The number of rotatable bonds is 2. The van der Waals surface area contributed by atoms with Crippen molar-refractivity contribution in [3.63, 3.8) is 0 Å². The van der Waals surface area contributed by atoms with Crippen molar-refractivity contribution in [2.24, 2.45) is 11.7 Å². The van der Waals surface area contributed by atoms with Crippen molar-refractivity contribution < 1.29 is 4.79 Å². The highest BCUT2D eigenvalue weighted by atomic mass is 127. The molecule has 0 spiro atoms. The highest BCUT2D eigenvalue weighted by Gasteiger charge is 2.35. The molecule has 0 aliphatic heterocycles. The number of hydrogen-bond donors (Lipinski definition) is 2. The molecule has 1 fully saturated rings. The molecule has 6 nitrogen and oxygen atoms in total. The van der Waals surface area contributed by atoms with E-state index in [1.54, 1.807) is 0 Å². The molecule has 0 atom stereocenters. The number of nitrogen functional groups attached to an aromatic ring is 1. The maximum absolute atomic E-state index is 11.0. The molecule has 18 heavy (non-hydrogen) atoms. The second-order valence-electron chi connectivity index (χ2n) is 4.57. The molecule has 0 aromatic carbocycles. The van der Waals surface area contributed by atoms with Crippen molar-refractivity contribution in [1.82, 2.24) is 14.5 Å². The average Bonchev–Trinajstić information content (AvgIpc) is 2.55. The van der Waals surface area contributed by atoms with Gasteiger partial charge in [0, 0.05) is 21.7 Å². The quantitative estimate of drug-likeness (QED) is 0.785. The summed E-state index contributed by atoms with van der Waals surface area (Å²) < 4.78 is 3.11. The predicted octanol–water partition coefficient (Wildman–Crippen LogP) is 1.05. The van der Waals surface area contributed by atoms with Crippen LogP contribution >= 0.6 is 22.6 Å². The third-order valence-corrected chi connectivity index (χ3v) is 4.32. The summed E-state index contributed by atoms with van der Waals surface area (Å²) in [5, 5.41) is 0.889. The topological polar surface area (TPSA) is 99.8 Å². The van der Waals surface area contributed by atoms with E-state index in [-0.39, 0.29) is 17.9 Å². The molecular weight excluding hydrogens is 345 g/mol. The normalized spacial score (nSPS) is 22.9. The summed E-state index contributed by atoms with van der Waals surface area (Å²) in [4.78, 5) is 19.3. The highest BCUT2D eigenvalue weighted by Crippen LogP contribution is 2.40. The summed E-state index contributed by atoms with van der Waals surface area (Å²) in [6.07, 6.45) is 5.03. The van der Waals surface area contributed by atoms with Crippen molar-refractivity contribution in [3.8, 4) is 0 Å². The zero-order valence-electron chi connectivity index (χ0n) is 9.51. The number of primary amides is 1. The SMILES string of the molecule is Nc1ncnc2c1c(I)cn2[C@H]1C[C@H](C(N)=O)C1. The zero-order chi connectivity index (χ0) is 12.9. The first kappa shape index (κ1) is 11.7. The lowest BCUT2D eigenvalue weighted by Crippen LogP contribution is -2.36. The molecule has 0 radical (unpaired) electrons. The molecule has 2 heterocycles. The molecule has 94 valence electrons. The fourth-order valence-electron chi connectivity index (χ4n) is 2.39. The predicted molar refractivity (Wildman–Crippen MR) is 75.6 cm³/mol. The molecule has 1 saturated carbocycles. The van der Waals surface area contributed by atoms with Gasteiger partial charge in [-0.05, 0) is 35.4 Å². The maximum Gasteiger partial charge on any atom is 0.220 e. The first-order chi connectivity index (χ1) is 8.58. The Morgan fingerprint density at radius 1 is 1.44 bits per heavy atom. The van der Waals surface area contributed by atoms with Gasteiger partial charge in [-0.3, -0.25) is 4.79 Å². The van der Waals surface area contributed by atoms with E-state index in [0.29, 0.717) is 5.82 Å². The molecule has 0 unspecified atom stereocenters. The van der Waals surface area contributed by atoms with Crippen LogP contribution in [0.5, 0.6) is 0 Å². The van der Waals surface area contributed by atoms with E-state index in [1.165, 1.54) is 6.33 Å². The Labute approximate surface area is 117 Å².